The van der Waals surface area contributed by atoms with Gasteiger partial charge in [-0.1, -0.05) is 24.3 Å². The summed E-state index contributed by atoms with van der Waals surface area (Å²) in [5, 5.41) is 6.89. The van der Waals surface area contributed by atoms with E-state index in [1.54, 1.807) is 41.2 Å². The van der Waals surface area contributed by atoms with Crippen LogP contribution in [0, 0.1) is 0 Å². The van der Waals surface area contributed by atoms with Gasteiger partial charge < -0.3 is 14.8 Å². The fraction of sp³-hybridized carbons (Fsp3) is 0.227. The number of benzene rings is 2. The molecule has 7 heteroatoms. The van der Waals surface area contributed by atoms with Crippen molar-refractivity contribution < 1.29 is 19.1 Å². The number of para-hydroxylation sites is 1. The maximum Gasteiger partial charge on any atom is 0.339 e. The first kappa shape index (κ1) is 20.1. The summed E-state index contributed by atoms with van der Waals surface area (Å²) >= 11 is 0. The van der Waals surface area contributed by atoms with Gasteiger partial charge >= 0.3 is 5.97 Å². The minimum atomic E-state index is -0.975. The zero-order valence-electron chi connectivity index (χ0n) is 16.5. The van der Waals surface area contributed by atoms with Crippen molar-refractivity contribution in [3.63, 3.8) is 0 Å². The second-order valence-electron chi connectivity index (χ2n) is 6.73. The second kappa shape index (κ2) is 9.05. The van der Waals surface area contributed by atoms with Crippen LogP contribution in [0.4, 0.5) is 5.82 Å². The average molecular weight is 393 g/mol. The molecule has 3 rings (SSSR count). The summed E-state index contributed by atoms with van der Waals surface area (Å²) < 4.78 is 12.7. The Morgan fingerprint density at radius 3 is 2.41 bits per heavy atom. The Morgan fingerprint density at radius 2 is 1.69 bits per heavy atom. The minimum Gasteiger partial charge on any atom is -0.457 e. The monoisotopic (exact) mass is 393 g/mol. The van der Waals surface area contributed by atoms with E-state index in [-0.39, 0.29) is 6.04 Å². The molecule has 0 saturated heterocycles. The fourth-order valence-corrected chi connectivity index (χ4v) is 2.65. The smallest absolute Gasteiger partial charge is 0.339 e. The zero-order valence-corrected chi connectivity index (χ0v) is 16.5. The largest absolute Gasteiger partial charge is 0.457 e. The number of nitrogens with one attached hydrogen (secondary N) is 1. The van der Waals surface area contributed by atoms with Gasteiger partial charge in [0, 0.05) is 12.1 Å². The number of rotatable bonds is 7. The standard InChI is InChI=1S/C22H23N3O4/c1-15(2)25-20(12-13-23-25)24-21(26)16(3)28-22(27)17-8-7-11-19(14-17)29-18-9-5-4-6-10-18/h4-16H,1-3H3,(H,24,26). The molecule has 0 aliphatic carbocycles. The van der Waals surface area contributed by atoms with Gasteiger partial charge in [0.2, 0.25) is 0 Å². The molecule has 0 bridgehead atoms. The molecule has 0 spiro atoms. The molecule has 1 aromatic heterocycles. The molecular formula is C22H23N3O4. The molecule has 7 nitrogen and oxygen atoms in total. The molecule has 2 aromatic carbocycles. The van der Waals surface area contributed by atoms with Gasteiger partial charge in [0.15, 0.2) is 6.10 Å². The lowest BCUT2D eigenvalue weighted by atomic mass is 10.2. The van der Waals surface area contributed by atoms with Crippen LogP contribution in [0.3, 0.4) is 0 Å². The summed E-state index contributed by atoms with van der Waals surface area (Å²) in [6, 6.07) is 17.7. The molecule has 0 radical (unpaired) electrons. The molecule has 1 heterocycles. The van der Waals surface area contributed by atoms with Crippen molar-refractivity contribution in [2.75, 3.05) is 5.32 Å². The molecule has 1 atom stereocenters. The van der Waals surface area contributed by atoms with Crippen molar-refractivity contribution in [2.45, 2.75) is 32.9 Å². The van der Waals surface area contributed by atoms with E-state index in [1.165, 1.54) is 6.92 Å². The van der Waals surface area contributed by atoms with Crippen LogP contribution in [0.25, 0.3) is 0 Å². The van der Waals surface area contributed by atoms with Crippen molar-refractivity contribution in [2.24, 2.45) is 0 Å². The minimum absolute atomic E-state index is 0.0884. The maximum atomic E-state index is 12.5. The number of esters is 1. The van der Waals surface area contributed by atoms with Gasteiger partial charge in [0.05, 0.1) is 11.8 Å². The molecule has 0 fully saturated rings. The van der Waals surface area contributed by atoms with Crippen LogP contribution in [0.2, 0.25) is 0 Å². The third-order valence-corrected chi connectivity index (χ3v) is 4.11. The first-order valence-electron chi connectivity index (χ1n) is 9.32. The molecule has 1 unspecified atom stereocenters. The van der Waals surface area contributed by atoms with Gasteiger partial charge in [0.1, 0.15) is 17.3 Å². The van der Waals surface area contributed by atoms with Gasteiger partial charge in [-0.3, -0.25) is 4.79 Å². The summed E-state index contributed by atoms with van der Waals surface area (Å²) in [6.07, 6.45) is 0.626. The van der Waals surface area contributed by atoms with E-state index in [1.807, 2.05) is 44.2 Å². The molecule has 150 valence electrons. The van der Waals surface area contributed by atoms with Gasteiger partial charge in [-0.05, 0) is 51.1 Å². The Balaban J connectivity index is 1.62. The van der Waals surface area contributed by atoms with Crippen molar-refractivity contribution >= 4 is 17.7 Å². The van der Waals surface area contributed by atoms with Crippen LogP contribution < -0.4 is 10.1 Å². The van der Waals surface area contributed by atoms with Gasteiger partial charge in [-0.15, -0.1) is 0 Å². The SMILES string of the molecule is CC(OC(=O)c1cccc(Oc2ccccc2)c1)C(=O)Nc1ccnn1C(C)C. The summed E-state index contributed by atoms with van der Waals surface area (Å²) in [5.74, 6) is 0.670. The van der Waals surface area contributed by atoms with Crippen molar-refractivity contribution in [1.82, 2.24) is 9.78 Å². The molecule has 0 aliphatic heterocycles. The van der Waals surface area contributed by atoms with Crippen LogP contribution in [0.15, 0.2) is 66.9 Å². The zero-order chi connectivity index (χ0) is 20.8. The Morgan fingerprint density at radius 1 is 0.966 bits per heavy atom. The predicted molar refractivity (Wildman–Crippen MR) is 109 cm³/mol. The molecule has 0 aliphatic rings. The third-order valence-electron chi connectivity index (χ3n) is 4.11. The normalized spacial score (nSPS) is 11.7. The molecule has 3 aromatic rings. The molecule has 1 N–H and O–H groups in total. The molecule has 1 amide bonds. The highest BCUT2D eigenvalue weighted by molar-refractivity contribution is 5.97. The topological polar surface area (TPSA) is 82.4 Å². The number of nitrogens with zero attached hydrogens (tertiary/aromatic N) is 2. The van der Waals surface area contributed by atoms with E-state index in [2.05, 4.69) is 10.4 Å². The first-order valence-corrected chi connectivity index (χ1v) is 9.32. The van der Waals surface area contributed by atoms with Crippen LogP contribution in [0.5, 0.6) is 11.5 Å². The third kappa shape index (κ3) is 5.22. The van der Waals surface area contributed by atoms with Crippen LogP contribution in [-0.4, -0.2) is 27.8 Å². The second-order valence-corrected chi connectivity index (χ2v) is 6.73. The van der Waals surface area contributed by atoms with Gasteiger partial charge in [0.25, 0.3) is 5.91 Å². The number of hydrogen-bond acceptors (Lipinski definition) is 5. The van der Waals surface area contributed by atoms with E-state index in [0.29, 0.717) is 22.9 Å². The molecule has 0 saturated carbocycles. The number of aromatic nitrogens is 2. The van der Waals surface area contributed by atoms with Gasteiger partial charge in [-0.2, -0.15) is 5.10 Å². The number of anilines is 1. The highest BCUT2D eigenvalue weighted by Gasteiger charge is 2.21. The number of ether oxygens (including phenoxy) is 2. The van der Waals surface area contributed by atoms with E-state index in [9.17, 15) is 9.59 Å². The highest BCUT2D eigenvalue weighted by Crippen LogP contribution is 2.22. The number of hydrogen-bond donors (Lipinski definition) is 1. The van der Waals surface area contributed by atoms with Crippen LogP contribution in [-0.2, 0) is 9.53 Å². The Bertz CT molecular complexity index is 982. The number of carbonyl (C=O) groups is 2. The lowest BCUT2D eigenvalue weighted by Crippen LogP contribution is -2.31. The lowest BCUT2D eigenvalue weighted by Gasteiger charge is -2.16. The van der Waals surface area contributed by atoms with Gasteiger partial charge in [-0.25, -0.2) is 9.48 Å². The first-order chi connectivity index (χ1) is 13.9. The van der Waals surface area contributed by atoms with Crippen molar-refractivity contribution in [1.29, 1.82) is 0 Å². The van der Waals surface area contributed by atoms with E-state index in [4.69, 9.17) is 9.47 Å². The Hall–Kier alpha value is -3.61. The Labute approximate surface area is 169 Å². The lowest BCUT2D eigenvalue weighted by molar-refractivity contribution is -0.123. The summed E-state index contributed by atoms with van der Waals surface area (Å²) in [5.41, 5.74) is 0.297. The van der Waals surface area contributed by atoms with Crippen LogP contribution >= 0.6 is 0 Å². The van der Waals surface area contributed by atoms with E-state index >= 15 is 0 Å². The fourth-order valence-electron chi connectivity index (χ4n) is 2.65. The van der Waals surface area contributed by atoms with Crippen molar-refractivity contribution in [3.05, 3.63) is 72.4 Å². The molecule has 29 heavy (non-hydrogen) atoms. The molecular weight excluding hydrogens is 370 g/mol. The van der Waals surface area contributed by atoms with Crippen molar-refractivity contribution in [3.8, 4) is 11.5 Å². The quantitative estimate of drug-likeness (QED) is 0.600. The van der Waals surface area contributed by atoms with E-state index < -0.39 is 18.0 Å². The van der Waals surface area contributed by atoms with Crippen LogP contribution in [0.1, 0.15) is 37.2 Å². The number of amides is 1. The summed E-state index contributed by atoms with van der Waals surface area (Å²) in [7, 11) is 0. The maximum absolute atomic E-state index is 12.5. The Kier molecular flexibility index (Phi) is 6.29. The average Bonchev–Trinajstić information content (AvgIpc) is 3.17. The summed E-state index contributed by atoms with van der Waals surface area (Å²) in [6.45, 7) is 5.43. The predicted octanol–water partition coefficient (Wildman–Crippen LogP) is 4.44. The summed E-state index contributed by atoms with van der Waals surface area (Å²) in [4.78, 5) is 24.9. The number of carbonyl (C=O) groups excluding carboxylic acids is 2. The highest BCUT2D eigenvalue weighted by atomic mass is 16.5. The van der Waals surface area contributed by atoms with E-state index in [0.717, 1.165) is 0 Å².